The average molecular weight is 374 g/mol. The largest absolute Gasteiger partial charge is 0.294 e. The summed E-state index contributed by atoms with van der Waals surface area (Å²) in [7, 11) is 0. The number of halogens is 2. The molecule has 0 saturated heterocycles. The maximum Gasteiger partial charge on any atom is 0.166 e. The van der Waals surface area contributed by atoms with Gasteiger partial charge in [0.1, 0.15) is 0 Å². The van der Waals surface area contributed by atoms with E-state index in [1.54, 1.807) is 0 Å². The minimum absolute atomic E-state index is 0.227. The third-order valence-electron chi connectivity index (χ3n) is 3.92. The molecule has 0 spiro atoms. The Kier molecular flexibility index (Phi) is 5.02. The zero-order chi connectivity index (χ0) is 13.1. The molecule has 0 radical (unpaired) electrons. The molecule has 0 N–H and O–H groups in total. The van der Waals surface area contributed by atoms with E-state index in [-0.39, 0.29) is 5.92 Å². The summed E-state index contributed by atoms with van der Waals surface area (Å²) < 4.78 is 1.92. The summed E-state index contributed by atoms with van der Waals surface area (Å²) in [6.45, 7) is 2.20. The molecule has 1 saturated carbocycles. The molecule has 0 aliphatic heterocycles. The van der Waals surface area contributed by atoms with E-state index in [0.717, 1.165) is 27.4 Å². The Bertz CT molecular complexity index is 422. The van der Waals surface area contributed by atoms with Crippen molar-refractivity contribution in [2.24, 2.45) is 11.8 Å². The monoisotopic (exact) mass is 372 g/mol. The fourth-order valence-corrected chi connectivity index (χ4v) is 4.25. The van der Waals surface area contributed by atoms with E-state index in [4.69, 9.17) is 0 Å². The smallest absolute Gasteiger partial charge is 0.166 e. The minimum atomic E-state index is 0.227. The predicted molar refractivity (Wildman–Crippen MR) is 81.9 cm³/mol. The molecule has 0 heterocycles. The highest BCUT2D eigenvalue weighted by Gasteiger charge is 2.30. The molecule has 98 valence electrons. The molecule has 1 aromatic carbocycles. The van der Waals surface area contributed by atoms with Crippen molar-refractivity contribution in [1.82, 2.24) is 0 Å². The molecule has 1 aliphatic carbocycles. The van der Waals surface area contributed by atoms with Gasteiger partial charge in [-0.3, -0.25) is 4.79 Å². The summed E-state index contributed by atoms with van der Waals surface area (Å²) in [5.41, 5.74) is 0.835. The third kappa shape index (κ3) is 3.24. The van der Waals surface area contributed by atoms with Crippen LogP contribution >= 0.6 is 31.9 Å². The predicted octanol–water partition coefficient (Wildman–Crippen LogP) is 5.61. The van der Waals surface area contributed by atoms with Gasteiger partial charge in [0.05, 0.1) is 0 Å². The van der Waals surface area contributed by atoms with E-state index in [1.165, 1.54) is 19.3 Å². The van der Waals surface area contributed by atoms with Gasteiger partial charge < -0.3 is 0 Å². The lowest BCUT2D eigenvalue weighted by Crippen LogP contribution is -2.27. The molecular weight excluding hydrogens is 356 g/mol. The second kappa shape index (κ2) is 6.33. The third-order valence-corrected chi connectivity index (χ3v) is 4.83. The first-order chi connectivity index (χ1) is 8.61. The molecule has 3 heteroatoms. The SMILES string of the molecule is CCC1CCCCC1C(=O)c1cc(Br)cc(Br)c1. The number of Topliss-reactive ketones (excluding diaryl/α,β-unsaturated/α-hetero) is 1. The fraction of sp³-hybridized carbons (Fsp3) is 0.533. The van der Waals surface area contributed by atoms with Gasteiger partial charge in [-0.2, -0.15) is 0 Å². The highest BCUT2D eigenvalue weighted by Crippen LogP contribution is 2.35. The van der Waals surface area contributed by atoms with Crippen LogP contribution in [0.25, 0.3) is 0 Å². The van der Waals surface area contributed by atoms with E-state index >= 15 is 0 Å². The molecule has 1 nitrogen and oxygen atoms in total. The van der Waals surface area contributed by atoms with Crippen molar-refractivity contribution in [1.29, 1.82) is 0 Å². The van der Waals surface area contributed by atoms with Crippen molar-refractivity contribution in [2.75, 3.05) is 0 Å². The summed E-state index contributed by atoms with van der Waals surface area (Å²) in [4.78, 5) is 12.6. The summed E-state index contributed by atoms with van der Waals surface area (Å²) in [5, 5.41) is 0. The Morgan fingerprint density at radius 3 is 2.39 bits per heavy atom. The molecule has 2 atom stereocenters. The molecular formula is C15H18Br2O. The van der Waals surface area contributed by atoms with E-state index in [0.29, 0.717) is 11.7 Å². The van der Waals surface area contributed by atoms with Crippen LogP contribution in [0.1, 0.15) is 49.4 Å². The minimum Gasteiger partial charge on any atom is -0.294 e. The number of rotatable bonds is 3. The molecule has 1 aromatic rings. The zero-order valence-electron chi connectivity index (χ0n) is 10.6. The van der Waals surface area contributed by atoms with Crippen LogP contribution in [0.5, 0.6) is 0 Å². The standard InChI is InChI=1S/C15H18Br2O/c1-2-10-5-3-4-6-14(10)15(18)11-7-12(16)9-13(17)8-11/h7-10,14H,2-6H2,1H3. The molecule has 0 bridgehead atoms. The summed E-state index contributed by atoms with van der Waals surface area (Å²) in [6.07, 6.45) is 5.86. The van der Waals surface area contributed by atoms with Gasteiger partial charge in [0, 0.05) is 20.4 Å². The van der Waals surface area contributed by atoms with Crippen LogP contribution in [0.15, 0.2) is 27.1 Å². The number of hydrogen-bond donors (Lipinski definition) is 0. The molecule has 1 fully saturated rings. The molecule has 0 aromatic heterocycles. The maximum absolute atomic E-state index is 12.6. The summed E-state index contributed by atoms with van der Waals surface area (Å²) in [6, 6.07) is 5.85. The molecule has 2 rings (SSSR count). The first-order valence-electron chi connectivity index (χ1n) is 6.62. The van der Waals surface area contributed by atoms with Crippen LogP contribution in [0.4, 0.5) is 0 Å². The van der Waals surface area contributed by atoms with Gasteiger partial charge in [0.25, 0.3) is 0 Å². The number of benzene rings is 1. The quantitative estimate of drug-likeness (QED) is 0.629. The first kappa shape index (κ1) is 14.3. The van der Waals surface area contributed by atoms with Crippen LogP contribution < -0.4 is 0 Å². The van der Waals surface area contributed by atoms with Crippen LogP contribution in [-0.2, 0) is 0 Å². The van der Waals surface area contributed by atoms with Gasteiger partial charge in [0.2, 0.25) is 0 Å². The number of ketones is 1. The van der Waals surface area contributed by atoms with E-state index in [9.17, 15) is 4.79 Å². The second-order valence-electron chi connectivity index (χ2n) is 5.08. The Hall–Kier alpha value is -0.150. The number of carbonyl (C=O) groups is 1. The molecule has 2 unspecified atom stereocenters. The van der Waals surface area contributed by atoms with Crippen molar-refractivity contribution in [3.8, 4) is 0 Å². The van der Waals surface area contributed by atoms with Crippen molar-refractivity contribution < 1.29 is 4.79 Å². The van der Waals surface area contributed by atoms with Gasteiger partial charge in [-0.15, -0.1) is 0 Å². The molecule has 18 heavy (non-hydrogen) atoms. The van der Waals surface area contributed by atoms with Crippen LogP contribution in [-0.4, -0.2) is 5.78 Å². The lowest BCUT2D eigenvalue weighted by molar-refractivity contribution is 0.0820. The van der Waals surface area contributed by atoms with Crippen molar-refractivity contribution >= 4 is 37.6 Å². The first-order valence-corrected chi connectivity index (χ1v) is 8.20. The van der Waals surface area contributed by atoms with Gasteiger partial charge in [-0.05, 0) is 37.0 Å². The van der Waals surface area contributed by atoms with Crippen LogP contribution in [0.3, 0.4) is 0 Å². The van der Waals surface area contributed by atoms with Crippen molar-refractivity contribution in [3.63, 3.8) is 0 Å². The van der Waals surface area contributed by atoms with E-state index < -0.39 is 0 Å². The van der Waals surface area contributed by atoms with Gasteiger partial charge in [-0.25, -0.2) is 0 Å². The Balaban J connectivity index is 2.23. The van der Waals surface area contributed by atoms with Gasteiger partial charge in [0.15, 0.2) is 5.78 Å². The highest BCUT2D eigenvalue weighted by atomic mass is 79.9. The lowest BCUT2D eigenvalue weighted by Gasteiger charge is -2.29. The Labute approximate surface area is 126 Å². The van der Waals surface area contributed by atoms with Crippen LogP contribution in [0.2, 0.25) is 0 Å². The Morgan fingerprint density at radius 2 is 1.78 bits per heavy atom. The maximum atomic E-state index is 12.6. The average Bonchev–Trinajstić information content (AvgIpc) is 2.36. The zero-order valence-corrected chi connectivity index (χ0v) is 13.8. The fourth-order valence-electron chi connectivity index (χ4n) is 2.95. The normalized spacial score (nSPS) is 23.9. The van der Waals surface area contributed by atoms with Crippen LogP contribution in [0, 0.1) is 11.8 Å². The Morgan fingerprint density at radius 1 is 1.17 bits per heavy atom. The molecule has 1 aliphatic rings. The van der Waals surface area contributed by atoms with E-state index in [1.807, 2.05) is 18.2 Å². The summed E-state index contributed by atoms with van der Waals surface area (Å²) in [5.74, 6) is 1.12. The van der Waals surface area contributed by atoms with Gasteiger partial charge >= 0.3 is 0 Å². The van der Waals surface area contributed by atoms with E-state index in [2.05, 4.69) is 38.8 Å². The lowest BCUT2D eigenvalue weighted by atomic mass is 9.74. The summed E-state index contributed by atoms with van der Waals surface area (Å²) >= 11 is 6.91. The van der Waals surface area contributed by atoms with Crippen molar-refractivity contribution in [2.45, 2.75) is 39.0 Å². The van der Waals surface area contributed by atoms with Gasteiger partial charge in [-0.1, -0.05) is 58.0 Å². The topological polar surface area (TPSA) is 17.1 Å². The second-order valence-corrected chi connectivity index (χ2v) is 6.91. The molecule has 0 amide bonds. The number of carbonyl (C=O) groups excluding carboxylic acids is 1. The number of hydrogen-bond acceptors (Lipinski definition) is 1. The highest BCUT2D eigenvalue weighted by molar-refractivity contribution is 9.11. The van der Waals surface area contributed by atoms with Crippen molar-refractivity contribution in [3.05, 3.63) is 32.7 Å².